The van der Waals surface area contributed by atoms with E-state index in [4.69, 9.17) is 10.5 Å². The quantitative estimate of drug-likeness (QED) is 0.208. The summed E-state index contributed by atoms with van der Waals surface area (Å²) >= 11 is 0. The molecule has 1 aliphatic rings. The number of para-hydroxylation sites is 1. The highest BCUT2D eigenvalue weighted by Gasteiger charge is 2.26. The molecule has 0 radical (unpaired) electrons. The molecule has 1 fully saturated rings. The van der Waals surface area contributed by atoms with Crippen LogP contribution in [0.5, 0.6) is 11.5 Å². The van der Waals surface area contributed by atoms with Gasteiger partial charge in [0.1, 0.15) is 23.5 Å². The molecule has 3 aromatic carbocycles. The standard InChI is InChI=1S/C32H33F2N5O2/c1-19(2)38-13-11-20(12-14-38)24-15-21-16-29(37-28(21)17-27(24)34)31(40)25-18-36-39(32(25)35)22-7-9-23(10-8-22)41-30-6-4-3-5-26(30)33/h3-10,15-20,31,37,40H,11-14,35H2,1-2H3. The third kappa shape index (κ3) is 5.30. The van der Waals surface area contributed by atoms with Gasteiger partial charge in [-0.15, -0.1) is 0 Å². The number of halogens is 2. The van der Waals surface area contributed by atoms with Crippen molar-refractivity contribution in [3.05, 3.63) is 101 Å². The number of aromatic amines is 1. The van der Waals surface area contributed by atoms with E-state index in [0.717, 1.165) is 36.9 Å². The van der Waals surface area contributed by atoms with Gasteiger partial charge in [0.2, 0.25) is 0 Å². The van der Waals surface area contributed by atoms with Crippen molar-refractivity contribution in [1.82, 2.24) is 19.7 Å². The summed E-state index contributed by atoms with van der Waals surface area (Å²) in [6, 6.07) is 18.8. The van der Waals surface area contributed by atoms with Gasteiger partial charge in [0.25, 0.3) is 0 Å². The zero-order valence-electron chi connectivity index (χ0n) is 23.0. The molecule has 5 aromatic rings. The highest BCUT2D eigenvalue weighted by Crippen LogP contribution is 2.35. The fraction of sp³-hybridized carbons (Fsp3) is 0.281. The van der Waals surface area contributed by atoms with Crippen LogP contribution in [0.3, 0.4) is 0 Å². The van der Waals surface area contributed by atoms with Crippen LogP contribution < -0.4 is 10.5 Å². The lowest BCUT2D eigenvalue weighted by Crippen LogP contribution is -2.37. The van der Waals surface area contributed by atoms with Crippen LogP contribution in [-0.2, 0) is 0 Å². The number of hydrogen-bond donors (Lipinski definition) is 3. The van der Waals surface area contributed by atoms with E-state index in [0.29, 0.717) is 34.3 Å². The second-order valence-corrected chi connectivity index (χ2v) is 10.9. The summed E-state index contributed by atoms with van der Waals surface area (Å²) in [4.78, 5) is 5.59. The molecule has 212 valence electrons. The van der Waals surface area contributed by atoms with Crippen LogP contribution in [0.25, 0.3) is 16.6 Å². The maximum absolute atomic E-state index is 15.2. The first-order valence-corrected chi connectivity index (χ1v) is 13.9. The van der Waals surface area contributed by atoms with Gasteiger partial charge in [-0.2, -0.15) is 5.10 Å². The summed E-state index contributed by atoms with van der Waals surface area (Å²) in [6.45, 7) is 6.30. The Morgan fingerprint density at radius 2 is 1.73 bits per heavy atom. The Labute approximate surface area is 237 Å². The van der Waals surface area contributed by atoms with Crippen molar-refractivity contribution in [1.29, 1.82) is 0 Å². The molecule has 2 aromatic heterocycles. The highest BCUT2D eigenvalue weighted by molar-refractivity contribution is 5.82. The minimum Gasteiger partial charge on any atom is -0.454 e. The van der Waals surface area contributed by atoms with E-state index in [-0.39, 0.29) is 23.3 Å². The second-order valence-electron chi connectivity index (χ2n) is 10.9. The number of nitrogens with one attached hydrogen (secondary N) is 1. The van der Waals surface area contributed by atoms with E-state index >= 15 is 4.39 Å². The lowest BCUT2D eigenvalue weighted by molar-refractivity contribution is 0.171. The van der Waals surface area contributed by atoms with Gasteiger partial charge in [-0.05, 0) is 106 Å². The van der Waals surface area contributed by atoms with Crippen LogP contribution in [0.1, 0.15) is 55.5 Å². The number of nitrogens with two attached hydrogens (primary N) is 1. The monoisotopic (exact) mass is 557 g/mol. The fourth-order valence-corrected chi connectivity index (χ4v) is 5.65. The molecule has 4 N–H and O–H groups in total. The Morgan fingerprint density at radius 1 is 1.00 bits per heavy atom. The normalized spacial score (nSPS) is 15.6. The van der Waals surface area contributed by atoms with Gasteiger partial charge in [0, 0.05) is 28.2 Å². The Morgan fingerprint density at radius 3 is 2.44 bits per heavy atom. The minimum atomic E-state index is -1.08. The molecule has 0 amide bonds. The van der Waals surface area contributed by atoms with E-state index < -0.39 is 11.9 Å². The summed E-state index contributed by atoms with van der Waals surface area (Å²) in [6.07, 6.45) is 2.28. The first-order valence-electron chi connectivity index (χ1n) is 13.9. The van der Waals surface area contributed by atoms with E-state index in [2.05, 4.69) is 28.8 Å². The predicted molar refractivity (Wildman–Crippen MR) is 155 cm³/mol. The molecule has 9 heteroatoms. The van der Waals surface area contributed by atoms with Gasteiger partial charge in [-0.3, -0.25) is 0 Å². The Hall–Kier alpha value is -4.21. The van der Waals surface area contributed by atoms with Gasteiger partial charge in [0.05, 0.1) is 11.9 Å². The molecule has 1 aliphatic heterocycles. The van der Waals surface area contributed by atoms with Crippen LogP contribution >= 0.6 is 0 Å². The van der Waals surface area contributed by atoms with Crippen molar-refractivity contribution >= 4 is 16.7 Å². The minimum absolute atomic E-state index is 0.131. The van der Waals surface area contributed by atoms with E-state index in [9.17, 15) is 9.50 Å². The van der Waals surface area contributed by atoms with Crippen LogP contribution in [0.4, 0.5) is 14.6 Å². The number of H-pyrrole nitrogens is 1. The number of fused-ring (bicyclic) bond motifs is 1. The third-order valence-corrected chi connectivity index (χ3v) is 8.03. The van der Waals surface area contributed by atoms with Crippen LogP contribution in [0, 0.1) is 11.6 Å². The van der Waals surface area contributed by atoms with E-state index in [1.807, 2.05) is 12.1 Å². The molecule has 6 rings (SSSR count). The number of nitrogen functional groups attached to an aromatic ring is 1. The maximum atomic E-state index is 15.2. The summed E-state index contributed by atoms with van der Waals surface area (Å²) in [7, 11) is 0. The number of aromatic nitrogens is 3. The molecule has 3 heterocycles. The number of ether oxygens (including phenoxy) is 1. The number of anilines is 1. The zero-order chi connectivity index (χ0) is 28.7. The Kier molecular flexibility index (Phi) is 7.23. The summed E-state index contributed by atoms with van der Waals surface area (Å²) in [5.41, 5.74) is 9.34. The largest absolute Gasteiger partial charge is 0.454 e. The first-order chi connectivity index (χ1) is 19.8. The number of rotatable bonds is 7. The molecule has 1 atom stereocenters. The molecule has 0 bridgehead atoms. The molecule has 0 saturated carbocycles. The smallest absolute Gasteiger partial charge is 0.165 e. The van der Waals surface area contributed by atoms with Crippen molar-refractivity contribution in [2.24, 2.45) is 0 Å². The summed E-state index contributed by atoms with van der Waals surface area (Å²) in [5.74, 6) is 0.358. The predicted octanol–water partition coefficient (Wildman–Crippen LogP) is 6.68. The van der Waals surface area contributed by atoms with Crippen LogP contribution in [-0.4, -0.2) is 43.9 Å². The first kappa shape index (κ1) is 27.0. The molecule has 1 saturated heterocycles. The average molecular weight is 558 g/mol. The molecular weight excluding hydrogens is 524 g/mol. The van der Waals surface area contributed by atoms with Gasteiger partial charge in [-0.1, -0.05) is 12.1 Å². The number of nitrogens with zero attached hydrogens (tertiary/aromatic N) is 3. The summed E-state index contributed by atoms with van der Waals surface area (Å²) < 4.78 is 36.2. The number of hydrogen-bond acceptors (Lipinski definition) is 5. The Bertz CT molecular complexity index is 1670. The molecular formula is C32H33F2N5O2. The highest BCUT2D eigenvalue weighted by atomic mass is 19.1. The van der Waals surface area contributed by atoms with Gasteiger partial charge < -0.3 is 25.5 Å². The average Bonchev–Trinajstić information content (AvgIpc) is 3.57. The molecule has 41 heavy (non-hydrogen) atoms. The molecule has 1 unspecified atom stereocenters. The lowest BCUT2D eigenvalue weighted by atomic mass is 9.88. The number of piperidine rings is 1. The van der Waals surface area contributed by atoms with E-state index in [1.165, 1.54) is 23.0 Å². The maximum Gasteiger partial charge on any atom is 0.165 e. The van der Waals surface area contributed by atoms with E-state index in [1.54, 1.807) is 42.5 Å². The second kappa shape index (κ2) is 11.0. The molecule has 7 nitrogen and oxygen atoms in total. The van der Waals surface area contributed by atoms with Gasteiger partial charge in [0.15, 0.2) is 11.6 Å². The number of benzene rings is 3. The van der Waals surface area contributed by atoms with Crippen molar-refractivity contribution in [2.75, 3.05) is 18.8 Å². The SMILES string of the molecule is CC(C)N1CCC(c2cc3cc(C(O)c4cnn(-c5ccc(Oc6ccccc6F)cc5)c4N)[nH]c3cc2F)CC1. The Balaban J connectivity index is 1.20. The topological polar surface area (TPSA) is 92.3 Å². The zero-order valence-corrected chi connectivity index (χ0v) is 23.0. The lowest BCUT2D eigenvalue weighted by Gasteiger charge is -2.34. The van der Waals surface area contributed by atoms with Gasteiger partial charge >= 0.3 is 0 Å². The number of aliphatic hydroxyl groups is 1. The van der Waals surface area contributed by atoms with Crippen molar-refractivity contribution in [3.8, 4) is 17.2 Å². The third-order valence-electron chi connectivity index (χ3n) is 8.03. The number of likely N-dealkylation sites (tertiary alicyclic amines) is 1. The van der Waals surface area contributed by atoms with Crippen LogP contribution in [0.15, 0.2) is 72.9 Å². The van der Waals surface area contributed by atoms with Gasteiger partial charge in [-0.25, -0.2) is 13.5 Å². The van der Waals surface area contributed by atoms with Crippen molar-refractivity contribution in [3.63, 3.8) is 0 Å². The van der Waals surface area contributed by atoms with Crippen molar-refractivity contribution < 1.29 is 18.6 Å². The summed E-state index contributed by atoms with van der Waals surface area (Å²) in [5, 5.41) is 16.4. The number of aliphatic hydroxyl groups excluding tert-OH is 1. The fourth-order valence-electron chi connectivity index (χ4n) is 5.65. The molecule has 0 spiro atoms. The molecule has 0 aliphatic carbocycles. The van der Waals surface area contributed by atoms with Crippen molar-refractivity contribution in [2.45, 2.75) is 44.8 Å². The van der Waals surface area contributed by atoms with Crippen LogP contribution in [0.2, 0.25) is 0 Å².